The van der Waals surface area contributed by atoms with E-state index in [0.29, 0.717) is 29.5 Å². The van der Waals surface area contributed by atoms with Crippen molar-refractivity contribution in [1.29, 1.82) is 0 Å². The highest BCUT2D eigenvalue weighted by Crippen LogP contribution is 2.71. The maximum absolute atomic E-state index is 12.8. The monoisotopic (exact) mass is 386 g/mol. The van der Waals surface area contributed by atoms with Gasteiger partial charge < -0.3 is 4.74 Å². The molecule has 0 N–H and O–H groups in total. The molecule has 3 nitrogen and oxygen atoms in total. The smallest absolute Gasteiger partial charge is 0.302 e. The Morgan fingerprint density at radius 1 is 1.07 bits per heavy atom. The van der Waals surface area contributed by atoms with Crippen LogP contribution in [0.5, 0.6) is 0 Å². The van der Waals surface area contributed by atoms with Crippen LogP contribution < -0.4 is 0 Å². The van der Waals surface area contributed by atoms with Crippen LogP contribution in [-0.4, -0.2) is 17.9 Å². The molecule has 0 unspecified atom stereocenters. The molecule has 0 spiro atoms. The summed E-state index contributed by atoms with van der Waals surface area (Å²) >= 11 is 0. The van der Waals surface area contributed by atoms with Crippen LogP contribution in [0.3, 0.4) is 0 Å². The maximum atomic E-state index is 12.8. The molecule has 4 aliphatic carbocycles. The first-order chi connectivity index (χ1) is 13.0. The van der Waals surface area contributed by atoms with Crippen molar-refractivity contribution in [2.45, 2.75) is 92.6 Å². The molecule has 0 aromatic carbocycles. The summed E-state index contributed by atoms with van der Waals surface area (Å²) in [7, 11) is 0. The van der Waals surface area contributed by atoms with Gasteiger partial charge in [0.15, 0.2) is 0 Å². The zero-order chi connectivity index (χ0) is 20.5. The number of allylic oxidation sites excluding steroid dienone is 1. The Kier molecular flexibility index (Phi) is 4.64. The van der Waals surface area contributed by atoms with Gasteiger partial charge in [0, 0.05) is 18.8 Å². The molecule has 0 aromatic rings. The number of esters is 1. The molecular weight excluding hydrogens is 348 g/mol. The van der Waals surface area contributed by atoms with Gasteiger partial charge in [-0.2, -0.15) is 0 Å². The molecule has 8 atom stereocenters. The Balaban J connectivity index is 1.64. The first-order valence-corrected chi connectivity index (χ1v) is 11.4. The molecule has 28 heavy (non-hydrogen) atoms. The van der Waals surface area contributed by atoms with Crippen LogP contribution in [0.25, 0.3) is 0 Å². The van der Waals surface area contributed by atoms with Gasteiger partial charge in [-0.25, -0.2) is 0 Å². The van der Waals surface area contributed by atoms with Gasteiger partial charge in [-0.3, -0.25) is 9.59 Å². The Morgan fingerprint density at radius 2 is 1.79 bits per heavy atom. The summed E-state index contributed by atoms with van der Waals surface area (Å²) in [6.45, 7) is 12.8. The molecule has 3 heteroatoms. The summed E-state index contributed by atoms with van der Waals surface area (Å²) in [5.74, 6) is 2.77. The molecule has 0 radical (unpaired) electrons. The molecule has 0 aliphatic heterocycles. The normalized spacial score (nSPS) is 50.1. The molecule has 4 rings (SSSR count). The van der Waals surface area contributed by atoms with E-state index in [2.05, 4.69) is 33.8 Å². The van der Waals surface area contributed by atoms with Crippen molar-refractivity contribution in [2.75, 3.05) is 0 Å². The summed E-state index contributed by atoms with van der Waals surface area (Å²) in [5.41, 5.74) is 1.74. The van der Waals surface area contributed by atoms with E-state index in [1.807, 2.05) is 6.92 Å². The van der Waals surface area contributed by atoms with Crippen LogP contribution in [0.2, 0.25) is 0 Å². The Labute approximate surface area is 170 Å². The third-order valence-corrected chi connectivity index (χ3v) is 10.3. The summed E-state index contributed by atoms with van der Waals surface area (Å²) < 4.78 is 5.56. The number of rotatable bonds is 2. The molecule has 0 saturated heterocycles. The zero-order valence-electron chi connectivity index (χ0n) is 18.6. The quantitative estimate of drug-likeness (QED) is 0.450. The van der Waals surface area contributed by atoms with Gasteiger partial charge in [0.05, 0.1) is 0 Å². The molecule has 0 aromatic heterocycles. The number of carbonyl (C=O) groups excluding carboxylic acids is 2. The Morgan fingerprint density at radius 3 is 2.43 bits per heavy atom. The van der Waals surface area contributed by atoms with Crippen molar-refractivity contribution < 1.29 is 14.3 Å². The second-order valence-corrected chi connectivity index (χ2v) is 11.1. The lowest BCUT2D eigenvalue weighted by Crippen LogP contribution is -2.53. The lowest BCUT2D eigenvalue weighted by Gasteiger charge is -2.59. The van der Waals surface area contributed by atoms with Crippen LogP contribution in [0, 0.1) is 39.9 Å². The first kappa shape index (κ1) is 20.2. The van der Waals surface area contributed by atoms with Gasteiger partial charge >= 0.3 is 5.97 Å². The van der Waals surface area contributed by atoms with Gasteiger partial charge in [-0.15, -0.1) is 0 Å². The minimum absolute atomic E-state index is 0.0646. The number of ether oxygens (including phenoxy) is 1. The van der Waals surface area contributed by atoms with Crippen molar-refractivity contribution in [1.82, 2.24) is 0 Å². The summed E-state index contributed by atoms with van der Waals surface area (Å²) in [4.78, 5) is 24.2. The fourth-order valence-corrected chi connectivity index (χ4v) is 8.29. The van der Waals surface area contributed by atoms with Crippen LogP contribution >= 0.6 is 0 Å². The number of Topliss-reactive ketones (excluding diaryl/α,β-unsaturated/α-hetero) is 1. The van der Waals surface area contributed by atoms with E-state index < -0.39 is 0 Å². The average molecular weight is 387 g/mol. The van der Waals surface area contributed by atoms with Crippen molar-refractivity contribution in [3.63, 3.8) is 0 Å². The third-order valence-electron chi connectivity index (χ3n) is 10.3. The number of fused-ring (bicyclic) bond motifs is 5. The average Bonchev–Trinajstić information content (AvgIpc) is 2.83. The van der Waals surface area contributed by atoms with E-state index >= 15 is 0 Å². The second-order valence-electron chi connectivity index (χ2n) is 11.1. The van der Waals surface area contributed by atoms with Gasteiger partial charge in [0.1, 0.15) is 11.9 Å². The SMILES string of the molecule is CC(=O)O[C@@H]1CC[C@@]2(C)C(=CC[C@@H]3[C@H]2CC[C@@]2(C)[C@@H]3C[C@H](C)[C@]2(C)C(C)=O)C1. The van der Waals surface area contributed by atoms with Crippen LogP contribution in [-0.2, 0) is 14.3 Å². The van der Waals surface area contributed by atoms with E-state index in [4.69, 9.17) is 4.74 Å². The van der Waals surface area contributed by atoms with E-state index in [0.717, 1.165) is 25.7 Å². The largest absolute Gasteiger partial charge is 0.462 e. The minimum atomic E-state index is -0.180. The fourth-order valence-electron chi connectivity index (χ4n) is 8.29. The second kappa shape index (κ2) is 6.44. The predicted molar refractivity (Wildman–Crippen MR) is 111 cm³/mol. The topological polar surface area (TPSA) is 43.4 Å². The van der Waals surface area contributed by atoms with E-state index in [1.165, 1.54) is 31.8 Å². The number of hydrogen-bond acceptors (Lipinski definition) is 3. The van der Waals surface area contributed by atoms with Gasteiger partial charge in [0.25, 0.3) is 0 Å². The molecule has 4 aliphatic rings. The summed E-state index contributed by atoms with van der Waals surface area (Å²) in [6, 6.07) is 0. The number of hydrogen-bond donors (Lipinski definition) is 0. The zero-order valence-corrected chi connectivity index (χ0v) is 18.6. The van der Waals surface area contributed by atoms with E-state index in [-0.39, 0.29) is 28.3 Å². The highest BCUT2D eigenvalue weighted by atomic mass is 16.5. The molecule has 0 bridgehead atoms. The molecule has 156 valence electrons. The Hall–Kier alpha value is -1.12. The van der Waals surface area contributed by atoms with Crippen molar-refractivity contribution in [2.24, 2.45) is 39.9 Å². The minimum Gasteiger partial charge on any atom is -0.462 e. The van der Waals surface area contributed by atoms with Crippen LogP contribution in [0.4, 0.5) is 0 Å². The van der Waals surface area contributed by atoms with Crippen LogP contribution in [0.15, 0.2) is 11.6 Å². The fraction of sp³-hybridized carbons (Fsp3) is 0.840. The Bertz CT molecular complexity index is 723. The molecular formula is C25H38O3. The predicted octanol–water partition coefficient (Wildman–Crippen LogP) is 5.72. The lowest BCUT2D eigenvalue weighted by atomic mass is 9.45. The highest BCUT2D eigenvalue weighted by Gasteiger charge is 2.66. The molecule has 0 heterocycles. The van der Waals surface area contributed by atoms with Gasteiger partial charge in [-0.1, -0.05) is 39.3 Å². The van der Waals surface area contributed by atoms with Crippen molar-refractivity contribution in [3.8, 4) is 0 Å². The van der Waals surface area contributed by atoms with E-state index in [1.54, 1.807) is 0 Å². The van der Waals surface area contributed by atoms with Gasteiger partial charge in [0.2, 0.25) is 0 Å². The maximum Gasteiger partial charge on any atom is 0.302 e. The summed E-state index contributed by atoms with van der Waals surface area (Å²) in [5, 5.41) is 0. The van der Waals surface area contributed by atoms with Gasteiger partial charge in [-0.05, 0) is 80.0 Å². The standard InChI is InChI=1S/C25H38O3/c1-15-13-22-20-8-7-18-14-19(28-17(3)27)9-11-23(18,4)21(20)10-12-24(22,5)25(15,6)16(2)26/h7,15,19-22H,8-14H2,1-6H3/t15-,19+,20+,21+,22+,23-,24-,25+/m0/s1. The molecule has 3 fully saturated rings. The first-order valence-electron chi connectivity index (χ1n) is 11.4. The molecule has 0 amide bonds. The third kappa shape index (κ3) is 2.53. The number of carbonyl (C=O) groups is 2. The van der Waals surface area contributed by atoms with E-state index in [9.17, 15) is 9.59 Å². The van der Waals surface area contributed by atoms with Crippen molar-refractivity contribution >= 4 is 11.8 Å². The number of ketones is 1. The van der Waals surface area contributed by atoms with Crippen molar-refractivity contribution in [3.05, 3.63) is 11.6 Å². The van der Waals surface area contributed by atoms with Crippen LogP contribution in [0.1, 0.15) is 86.5 Å². The highest BCUT2D eigenvalue weighted by molar-refractivity contribution is 5.83. The molecule has 3 saturated carbocycles. The lowest BCUT2D eigenvalue weighted by molar-refractivity contribution is -0.150. The summed E-state index contributed by atoms with van der Waals surface area (Å²) in [6.07, 6.45) is 10.3.